The zero-order valence-corrected chi connectivity index (χ0v) is 9.50. The molecular formula is C11H18FNO2. The van der Waals surface area contributed by atoms with Crippen LogP contribution in [0.1, 0.15) is 40.0 Å². The highest BCUT2D eigenvalue weighted by Crippen LogP contribution is 2.40. The van der Waals surface area contributed by atoms with Crippen molar-refractivity contribution in [2.45, 2.75) is 63.9 Å². The Kier molecular flexibility index (Phi) is 2.40. The van der Waals surface area contributed by atoms with Crippen molar-refractivity contribution in [3.05, 3.63) is 0 Å². The number of fused-ring (bicyclic) bond motifs is 2. The molecule has 15 heavy (non-hydrogen) atoms. The van der Waals surface area contributed by atoms with Gasteiger partial charge in [0.15, 0.2) is 0 Å². The molecule has 3 nitrogen and oxygen atoms in total. The van der Waals surface area contributed by atoms with Crippen LogP contribution >= 0.6 is 0 Å². The molecule has 3 fully saturated rings. The second-order valence-electron chi connectivity index (χ2n) is 5.50. The summed E-state index contributed by atoms with van der Waals surface area (Å²) < 4.78 is 18.3. The molecule has 0 N–H and O–H groups in total. The molecule has 1 aliphatic carbocycles. The van der Waals surface area contributed by atoms with Gasteiger partial charge in [0.25, 0.3) is 0 Å². The molecule has 1 saturated carbocycles. The molecule has 3 rings (SSSR count). The Bertz CT molecular complexity index is 262. The fourth-order valence-electron chi connectivity index (χ4n) is 2.42. The fourth-order valence-corrected chi connectivity index (χ4v) is 2.42. The molecule has 2 saturated heterocycles. The van der Waals surface area contributed by atoms with Crippen molar-refractivity contribution in [1.29, 1.82) is 0 Å². The van der Waals surface area contributed by atoms with Crippen molar-refractivity contribution in [3.8, 4) is 0 Å². The summed E-state index contributed by atoms with van der Waals surface area (Å²) in [4.78, 5) is 13.5. The number of rotatable bonds is 0. The second-order valence-corrected chi connectivity index (χ2v) is 5.50. The number of carbonyl (C=O) groups excluding carboxylic acids is 1. The van der Waals surface area contributed by atoms with Gasteiger partial charge in [0.1, 0.15) is 11.8 Å². The summed E-state index contributed by atoms with van der Waals surface area (Å²) in [5, 5.41) is 0. The smallest absolute Gasteiger partial charge is 0.410 e. The molecular weight excluding hydrogens is 197 g/mol. The number of alkyl halides is 1. The monoisotopic (exact) mass is 215 g/mol. The van der Waals surface area contributed by atoms with Crippen molar-refractivity contribution in [3.63, 3.8) is 0 Å². The molecule has 86 valence electrons. The molecule has 4 heteroatoms. The minimum absolute atomic E-state index is 0.0774. The van der Waals surface area contributed by atoms with Gasteiger partial charge < -0.3 is 9.64 Å². The fraction of sp³-hybridized carbons (Fsp3) is 0.909. The third kappa shape index (κ3) is 2.08. The number of amides is 1. The quantitative estimate of drug-likeness (QED) is 0.621. The van der Waals surface area contributed by atoms with E-state index in [-0.39, 0.29) is 18.2 Å². The van der Waals surface area contributed by atoms with Crippen LogP contribution in [0.2, 0.25) is 0 Å². The van der Waals surface area contributed by atoms with Gasteiger partial charge >= 0.3 is 6.09 Å². The van der Waals surface area contributed by atoms with Crippen molar-refractivity contribution in [2.24, 2.45) is 0 Å². The Morgan fingerprint density at radius 3 is 2.27 bits per heavy atom. The second kappa shape index (κ2) is 3.35. The van der Waals surface area contributed by atoms with Gasteiger partial charge in [0.2, 0.25) is 0 Å². The summed E-state index contributed by atoms with van der Waals surface area (Å²) >= 11 is 0. The van der Waals surface area contributed by atoms with Gasteiger partial charge in [-0.15, -0.1) is 0 Å². The molecule has 3 aliphatic rings. The predicted molar refractivity (Wildman–Crippen MR) is 54.4 cm³/mol. The van der Waals surface area contributed by atoms with Crippen LogP contribution in [0.15, 0.2) is 0 Å². The van der Waals surface area contributed by atoms with Crippen LogP contribution in [-0.4, -0.2) is 34.8 Å². The minimum atomic E-state index is -0.729. The Morgan fingerprint density at radius 2 is 1.80 bits per heavy atom. The maximum Gasteiger partial charge on any atom is 0.410 e. The summed E-state index contributed by atoms with van der Waals surface area (Å²) in [5.74, 6) is 0. The molecule has 2 aliphatic heterocycles. The Labute approximate surface area is 89.6 Å². The zero-order chi connectivity index (χ0) is 11.2. The predicted octanol–water partition coefficient (Wildman–Crippen LogP) is 2.50. The first-order valence-corrected chi connectivity index (χ1v) is 5.52. The third-order valence-corrected chi connectivity index (χ3v) is 2.99. The molecule has 0 aromatic heterocycles. The minimum Gasteiger partial charge on any atom is -0.444 e. The molecule has 2 heterocycles. The van der Waals surface area contributed by atoms with Gasteiger partial charge in [0, 0.05) is 12.1 Å². The zero-order valence-electron chi connectivity index (χ0n) is 9.50. The van der Waals surface area contributed by atoms with Gasteiger partial charge in [0.05, 0.1) is 0 Å². The largest absolute Gasteiger partial charge is 0.444 e. The molecule has 3 atom stereocenters. The number of piperidine rings is 1. The van der Waals surface area contributed by atoms with E-state index < -0.39 is 11.8 Å². The Balaban J connectivity index is 1.94. The van der Waals surface area contributed by atoms with Crippen LogP contribution in [0.5, 0.6) is 0 Å². The van der Waals surface area contributed by atoms with Crippen LogP contribution in [0, 0.1) is 0 Å². The first-order valence-electron chi connectivity index (χ1n) is 5.52. The average Bonchev–Trinajstić information content (AvgIpc) is 1.98. The lowest BCUT2D eigenvalue weighted by Crippen LogP contribution is -2.64. The van der Waals surface area contributed by atoms with Gasteiger partial charge in [-0.25, -0.2) is 9.18 Å². The van der Waals surface area contributed by atoms with E-state index >= 15 is 0 Å². The Morgan fingerprint density at radius 1 is 1.27 bits per heavy atom. The van der Waals surface area contributed by atoms with Gasteiger partial charge in [-0.2, -0.15) is 0 Å². The summed E-state index contributed by atoms with van der Waals surface area (Å²) in [7, 11) is 0. The number of hydrogen-bond donors (Lipinski definition) is 0. The lowest BCUT2D eigenvalue weighted by molar-refractivity contribution is -0.0695. The number of carbonyl (C=O) groups is 1. The van der Waals surface area contributed by atoms with E-state index in [1.165, 1.54) is 0 Å². The highest BCUT2D eigenvalue weighted by atomic mass is 19.1. The molecule has 2 unspecified atom stereocenters. The molecule has 0 radical (unpaired) electrons. The standard InChI is InChI=1S/C11H18FNO2/c1-11(2,3)15-10(14)13-8-4-7(12)5-9(13)6-8/h7-9H,4-6H2,1-3H3/t7?,8-,9?/m1/s1. The maximum absolute atomic E-state index is 13.1. The molecule has 2 bridgehead atoms. The van der Waals surface area contributed by atoms with Crippen molar-refractivity contribution in [2.75, 3.05) is 0 Å². The van der Waals surface area contributed by atoms with Gasteiger partial charge in [-0.05, 0) is 40.0 Å². The lowest BCUT2D eigenvalue weighted by Gasteiger charge is -2.53. The van der Waals surface area contributed by atoms with Gasteiger partial charge in [-0.1, -0.05) is 0 Å². The molecule has 1 amide bonds. The highest BCUT2D eigenvalue weighted by Gasteiger charge is 2.49. The van der Waals surface area contributed by atoms with Crippen LogP contribution in [-0.2, 0) is 4.74 Å². The third-order valence-electron chi connectivity index (χ3n) is 2.99. The molecule has 0 spiro atoms. The SMILES string of the molecule is CC(C)(C)OC(=O)N1C2CC(F)C[C@@H]1C2. The first kappa shape index (κ1) is 10.7. The van der Waals surface area contributed by atoms with Crippen molar-refractivity contribution in [1.82, 2.24) is 4.90 Å². The highest BCUT2D eigenvalue weighted by molar-refractivity contribution is 5.70. The summed E-state index contributed by atoms with van der Waals surface area (Å²) in [6, 6.07) is 0.155. The number of hydrogen-bond acceptors (Lipinski definition) is 2. The van der Waals surface area contributed by atoms with E-state index in [9.17, 15) is 9.18 Å². The number of halogens is 1. The van der Waals surface area contributed by atoms with E-state index in [4.69, 9.17) is 4.74 Å². The van der Waals surface area contributed by atoms with Gasteiger partial charge in [-0.3, -0.25) is 0 Å². The lowest BCUT2D eigenvalue weighted by atomic mass is 9.79. The van der Waals surface area contributed by atoms with E-state index in [0.29, 0.717) is 12.8 Å². The summed E-state index contributed by atoms with van der Waals surface area (Å²) in [6.45, 7) is 5.54. The van der Waals surface area contributed by atoms with Crippen LogP contribution in [0.4, 0.5) is 9.18 Å². The van der Waals surface area contributed by atoms with E-state index in [1.54, 1.807) is 4.90 Å². The normalized spacial score (nSPS) is 34.7. The first-order chi connectivity index (χ1) is 6.87. The topological polar surface area (TPSA) is 29.5 Å². The maximum atomic E-state index is 13.1. The molecule has 0 aromatic carbocycles. The Hall–Kier alpha value is -0.800. The van der Waals surface area contributed by atoms with E-state index in [2.05, 4.69) is 0 Å². The molecule has 0 aromatic rings. The van der Waals surface area contributed by atoms with Crippen molar-refractivity contribution >= 4 is 6.09 Å². The van der Waals surface area contributed by atoms with Crippen LogP contribution < -0.4 is 0 Å². The van der Waals surface area contributed by atoms with E-state index in [0.717, 1.165) is 6.42 Å². The van der Waals surface area contributed by atoms with Crippen molar-refractivity contribution < 1.29 is 13.9 Å². The average molecular weight is 215 g/mol. The summed E-state index contributed by atoms with van der Waals surface area (Å²) in [6.07, 6.45) is 0.897. The van der Waals surface area contributed by atoms with E-state index in [1.807, 2.05) is 20.8 Å². The summed E-state index contributed by atoms with van der Waals surface area (Å²) in [5.41, 5.74) is -0.462. The number of ether oxygens (including phenoxy) is 1. The van der Waals surface area contributed by atoms with Crippen LogP contribution in [0.3, 0.4) is 0 Å². The van der Waals surface area contributed by atoms with Crippen LogP contribution in [0.25, 0.3) is 0 Å². The number of nitrogens with zero attached hydrogens (tertiary/aromatic N) is 1.